The number of amides is 1. The van der Waals surface area contributed by atoms with Crippen molar-refractivity contribution in [3.63, 3.8) is 0 Å². The van der Waals surface area contributed by atoms with Crippen molar-refractivity contribution >= 4 is 17.5 Å². The van der Waals surface area contributed by atoms with Crippen LogP contribution in [0, 0.1) is 5.92 Å². The number of hydrogen-bond acceptors (Lipinski definition) is 3. The van der Waals surface area contributed by atoms with E-state index in [1.807, 2.05) is 18.7 Å². The molecule has 0 radical (unpaired) electrons. The molecule has 0 saturated carbocycles. The summed E-state index contributed by atoms with van der Waals surface area (Å²) in [5.74, 6) is 1.07. The number of hydrogen-bond donors (Lipinski definition) is 0. The van der Waals surface area contributed by atoms with E-state index in [-0.39, 0.29) is 5.91 Å². The highest BCUT2D eigenvalue weighted by Gasteiger charge is 2.36. The largest absolute Gasteiger partial charge is 0.478 e. The van der Waals surface area contributed by atoms with Crippen LogP contribution in [0.4, 0.5) is 0 Å². The van der Waals surface area contributed by atoms with Crippen LogP contribution in [0.25, 0.3) is 0 Å². The topological polar surface area (TPSA) is 38.8 Å². The van der Waals surface area contributed by atoms with Gasteiger partial charge in [-0.2, -0.15) is 0 Å². The lowest BCUT2D eigenvalue weighted by Gasteiger charge is -2.37. The second-order valence-electron chi connectivity index (χ2n) is 6.28. The lowest BCUT2D eigenvalue weighted by molar-refractivity contribution is -0.147. The number of ether oxygens (including phenoxy) is 2. The molecule has 22 heavy (non-hydrogen) atoms. The summed E-state index contributed by atoms with van der Waals surface area (Å²) in [4.78, 5) is 14.7. The molecule has 0 aromatic heterocycles. The third kappa shape index (κ3) is 4.37. The molecule has 5 heteroatoms. The summed E-state index contributed by atoms with van der Waals surface area (Å²) in [5.41, 5.74) is -0.900. The van der Waals surface area contributed by atoms with Crippen LogP contribution in [0.15, 0.2) is 24.3 Å². The second-order valence-corrected chi connectivity index (χ2v) is 6.72. The van der Waals surface area contributed by atoms with Gasteiger partial charge in [0.15, 0.2) is 5.60 Å². The number of carbonyl (C=O) groups excluding carboxylic acids is 1. The maximum Gasteiger partial charge on any atom is 0.266 e. The maximum atomic E-state index is 12.8. The minimum atomic E-state index is -0.900. The smallest absolute Gasteiger partial charge is 0.266 e. The Morgan fingerprint density at radius 3 is 2.68 bits per heavy atom. The van der Waals surface area contributed by atoms with E-state index < -0.39 is 5.60 Å². The monoisotopic (exact) mass is 325 g/mol. The van der Waals surface area contributed by atoms with E-state index in [4.69, 9.17) is 21.1 Å². The summed E-state index contributed by atoms with van der Waals surface area (Å²) in [6, 6.07) is 7.07. The SMILES string of the molecule is COCC1CCCN(C(=O)C(C)(C)Oc2ccc(Cl)cc2)C1. The quantitative estimate of drug-likeness (QED) is 0.833. The average molecular weight is 326 g/mol. The lowest BCUT2D eigenvalue weighted by atomic mass is 9.97. The van der Waals surface area contributed by atoms with Crippen molar-refractivity contribution in [3.05, 3.63) is 29.3 Å². The van der Waals surface area contributed by atoms with Gasteiger partial charge in [-0.05, 0) is 56.9 Å². The zero-order chi connectivity index (χ0) is 16.2. The molecular formula is C17H24ClNO3. The van der Waals surface area contributed by atoms with E-state index in [0.29, 0.717) is 23.3 Å². The zero-order valence-corrected chi connectivity index (χ0v) is 14.2. The minimum absolute atomic E-state index is 0.0169. The third-order valence-corrected chi connectivity index (χ3v) is 4.16. The Labute approximate surface area is 137 Å². The van der Waals surface area contributed by atoms with E-state index in [1.54, 1.807) is 31.4 Å². The van der Waals surface area contributed by atoms with Crippen LogP contribution in [-0.4, -0.2) is 43.2 Å². The summed E-state index contributed by atoms with van der Waals surface area (Å²) in [6.07, 6.45) is 2.12. The molecule has 0 aliphatic carbocycles. The number of nitrogens with zero attached hydrogens (tertiary/aromatic N) is 1. The number of carbonyl (C=O) groups is 1. The Kier molecular flexibility index (Phi) is 5.70. The first kappa shape index (κ1) is 17.1. The number of benzene rings is 1. The average Bonchev–Trinajstić information content (AvgIpc) is 2.49. The summed E-state index contributed by atoms with van der Waals surface area (Å²) < 4.78 is 11.1. The van der Waals surface area contributed by atoms with Crippen LogP contribution in [0.1, 0.15) is 26.7 Å². The number of piperidine rings is 1. The van der Waals surface area contributed by atoms with Gasteiger partial charge in [0.2, 0.25) is 0 Å². The van der Waals surface area contributed by atoms with E-state index in [9.17, 15) is 4.79 Å². The van der Waals surface area contributed by atoms with Crippen LogP contribution in [0.5, 0.6) is 5.75 Å². The molecule has 1 fully saturated rings. The summed E-state index contributed by atoms with van der Waals surface area (Å²) in [7, 11) is 1.70. The van der Waals surface area contributed by atoms with Crippen molar-refractivity contribution < 1.29 is 14.3 Å². The zero-order valence-electron chi connectivity index (χ0n) is 13.5. The first-order valence-corrected chi connectivity index (χ1v) is 8.03. The van der Waals surface area contributed by atoms with Crippen LogP contribution in [-0.2, 0) is 9.53 Å². The highest BCUT2D eigenvalue weighted by molar-refractivity contribution is 6.30. The normalized spacial score (nSPS) is 19.1. The lowest BCUT2D eigenvalue weighted by Crippen LogP contribution is -2.52. The van der Waals surface area contributed by atoms with Crippen LogP contribution in [0.2, 0.25) is 5.02 Å². The standard InChI is InChI=1S/C17H24ClNO3/c1-17(2,22-15-8-6-14(18)7-9-15)16(20)19-10-4-5-13(11-19)12-21-3/h6-9,13H,4-5,10-12H2,1-3H3. The van der Waals surface area contributed by atoms with Gasteiger partial charge in [-0.15, -0.1) is 0 Å². The van der Waals surface area contributed by atoms with Crippen LogP contribution < -0.4 is 4.74 Å². The fourth-order valence-electron chi connectivity index (χ4n) is 2.84. The van der Waals surface area contributed by atoms with Crippen molar-refractivity contribution in [2.45, 2.75) is 32.3 Å². The molecule has 1 saturated heterocycles. The molecule has 1 aromatic rings. The molecule has 1 atom stereocenters. The Morgan fingerprint density at radius 2 is 2.05 bits per heavy atom. The van der Waals surface area contributed by atoms with Gasteiger partial charge in [-0.3, -0.25) is 4.79 Å². The molecule has 1 amide bonds. The number of rotatable bonds is 5. The Morgan fingerprint density at radius 1 is 1.36 bits per heavy atom. The third-order valence-electron chi connectivity index (χ3n) is 3.91. The van der Waals surface area contributed by atoms with E-state index in [0.717, 1.165) is 25.9 Å². The molecule has 0 N–H and O–H groups in total. The first-order chi connectivity index (χ1) is 10.4. The van der Waals surface area contributed by atoms with Gasteiger partial charge in [0.25, 0.3) is 5.91 Å². The van der Waals surface area contributed by atoms with Gasteiger partial charge in [-0.1, -0.05) is 11.6 Å². The molecule has 1 unspecified atom stereocenters. The fraction of sp³-hybridized carbons (Fsp3) is 0.588. The predicted octanol–water partition coefficient (Wildman–Crippen LogP) is 3.38. The van der Waals surface area contributed by atoms with Gasteiger partial charge in [0.05, 0.1) is 6.61 Å². The van der Waals surface area contributed by atoms with Gasteiger partial charge >= 0.3 is 0 Å². The number of likely N-dealkylation sites (tertiary alicyclic amines) is 1. The van der Waals surface area contributed by atoms with Gasteiger partial charge in [0.1, 0.15) is 5.75 Å². The van der Waals surface area contributed by atoms with Crippen LogP contribution in [0.3, 0.4) is 0 Å². The van der Waals surface area contributed by atoms with Crippen molar-refractivity contribution in [2.75, 3.05) is 26.8 Å². The molecule has 122 valence electrons. The van der Waals surface area contributed by atoms with Gasteiger partial charge in [-0.25, -0.2) is 0 Å². The second kappa shape index (κ2) is 7.34. The summed E-state index contributed by atoms with van der Waals surface area (Å²) >= 11 is 5.87. The summed E-state index contributed by atoms with van der Waals surface area (Å²) in [6.45, 7) is 5.84. The van der Waals surface area contributed by atoms with E-state index >= 15 is 0 Å². The first-order valence-electron chi connectivity index (χ1n) is 7.65. The van der Waals surface area contributed by atoms with Gasteiger partial charge in [0, 0.05) is 25.2 Å². The van der Waals surface area contributed by atoms with Crippen molar-refractivity contribution in [1.29, 1.82) is 0 Å². The molecule has 1 aromatic carbocycles. The van der Waals surface area contributed by atoms with Crippen molar-refractivity contribution in [1.82, 2.24) is 4.90 Å². The Hall–Kier alpha value is -1.26. The Balaban J connectivity index is 2.01. The Bertz CT molecular complexity index is 499. The minimum Gasteiger partial charge on any atom is -0.478 e. The molecular weight excluding hydrogens is 302 g/mol. The molecule has 0 bridgehead atoms. The predicted molar refractivity (Wildman–Crippen MR) is 87.3 cm³/mol. The fourth-order valence-corrected chi connectivity index (χ4v) is 2.97. The number of halogens is 1. The molecule has 2 rings (SSSR count). The molecule has 1 heterocycles. The van der Waals surface area contributed by atoms with Crippen molar-refractivity contribution in [3.8, 4) is 5.75 Å². The highest BCUT2D eigenvalue weighted by Crippen LogP contribution is 2.25. The van der Waals surface area contributed by atoms with E-state index in [2.05, 4.69) is 0 Å². The highest BCUT2D eigenvalue weighted by atomic mass is 35.5. The maximum absolute atomic E-state index is 12.8. The molecule has 0 spiro atoms. The number of methoxy groups -OCH3 is 1. The van der Waals surface area contributed by atoms with Crippen LogP contribution >= 0.6 is 11.6 Å². The molecule has 1 aliphatic rings. The van der Waals surface area contributed by atoms with E-state index in [1.165, 1.54) is 0 Å². The van der Waals surface area contributed by atoms with Crippen molar-refractivity contribution in [2.24, 2.45) is 5.92 Å². The summed E-state index contributed by atoms with van der Waals surface area (Å²) in [5, 5.41) is 0.648. The molecule has 4 nitrogen and oxygen atoms in total. The van der Waals surface area contributed by atoms with Gasteiger partial charge < -0.3 is 14.4 Å². The molecule has 1 aliphatic heterocycles.